The minimum atomic E-state index is -4.11. The van der Waals surface area contributed by atoms with E-state index < -0.39 is 15.4 Å². The van der Waals surface area contributed by atoms with Crippen LogP contribution < -0.4 is 9.80 Å². The van der Waals surface area contributed by atoms with Gasteiger partial charge in [-0.25, -0.2) is 0 Å². The van der Waals surface area contributed by atoms with E-state index in [0.717, 1.165) is 22.9 Å². The zero-order valence-corrected chi connectivity index (χ0v) is 19.0. The van der Waals surface area contributed by atoms with Gasteiger partial charge < -0.3 is 9.80 Å². The maximum Gasteiger partial charge on any atom is 0.267 e. The number of fused-ring (bicyclic) bond motifs is 1. The Balaban J connectivity index is 1.98. The zero-order chi connectivity index (χ0) is 21.9. The second-order valence-electron chi connectivity index (χ2n) is 6.90. The highest BCUT2D eigenvalue weighted by Gasteiger charge is 2.32. The van der Waals surface area contributed by atoms with Gasteiger partial charge >= 0.3 is 0 Å². The lowest BCUT2D eigenvalue weighted by atomic mass is 10.2. The lowest BCUT2D eigenvalue weighted by Gasteiger charge is -2.25. The quantitative estimate of drug-likeness (QED) is 0.426. The van der Waals surface area contributed by atoms with E-state index in [2.05, 4.69) is 9.89 Å². The maximum absolute atomic E-state index is 11.5. The Kier molecular flexibility index (Phi) is 7.08. The van der Waals surface area contributed by atoms with Crippen molar-refractivity contribution in [1.29, 1.82) is 0 Å². The smallest absolute Gasteiger partial charge is 0.267 e. The molecule has 0 amide bonds. The molecule has 1 unspecified atom stereocenters. The largest absolute Gasteiger partial charge is 0.326 e. The van der Waals surface area contributed by atoms with Crippen LogP contribution in [0.3, 0.4) is 0 Å². The molecule has 30 heavy (non-hydrogen) atoms. The van der Waals surface area contributed by atoms with E-state index in [1.807, 2.05) is 48.2 Å². The van der Waals surface area contributed by atoms with Crippen molar-refractivity contribution in [3.05, 3.63) is 64.4 Å². The molecule has 1 atom stereocenters. The Bertz CT molecular complexity index is 1070. The topological polar surface area (TPSA) is 73.2 Å². The molecule has 0 saturated heterocycles. The Labute approximate surface area is 187 Å². The van der Waals surface area contributed by atoms with Crippen molar-refractivity contribution in [1.82, 2.24) is 0 Å². The summed E-state index contributed by atoms with van der Waals surface area (Å²) in [5.74, 6) is 0.827. The lowest BCUT2D eigenvalue weighted by molar-refractivity contribution is 0.466. The van der Waals surface area contributed by atoms with Crippen molar-refractivity contribution in [3.63, 3.8) is 0 Å². The minimum absolute atomic E-state index is 0.239. The van der Waals surface area contributed by atoms with Gasteiger partial charge in [0.15, 0.2) is 0 Å². The van der Waals surface area contributed by atoms with Gasteiger partial charge in [-0.3, -0.25) is 9.55 Å². The second kappa shape index (κ2) is 9.39. The fraction of sp³-hybridized carbons (Fsp3) is 0.286. The molecule has 160 valence electrons. The number of para-hydroxylation sites is 1. The number of rotatable bonds is 7. The molecule has 2 aromatic carbocycles. The van der Waals surface area contributed by atoms with E-state index >= 15 is 0 Å². The van der Waals surface area contributed by atoms with Crippen LogP contribution in [-0.2, 0) is 10.1 Å². The van der Waals surface area contributed by atoms with Crippen molar-refractivity contribution >= 4 is 56.6 Å². The fourth-order valence-electron chi connectivity index (χ4n) is 3.26. The average molecular weight is 468 g/mol. The maximum atomic E-state index is 11.5. The number of benzene rings is 2. The van der Waals surface area contributed by atoms with Crippen LogP contribution in [0.25, 0.3) is 0 Å². The molecule has 1 aliphatic heterocycles. The number of hydrogen-bond donors (Lipinski definition) is 1. The molecule has 3 rings (SSSR count). The zero-order valence-electron chi connectivity index (χ0n) is 16.7. The van der Waals surface area contributed by atoms with Gasteiger partial charge in [0.2, 0.25) is 0 Å². The van der Waals surface area contributed by atoms with E-state index in [1.54, 1.807) is 18.3 Å². The molecule has 6 nitrogen and oxygen atoms in total. The highest BCUT2D eigenvalue weighted by atomic mass is 35.5. The number of allylic oxidation sites excluding steroid dienone is 1. The molecule has 1 aliphatic rings. The molecule has 0 bridgehead atoms. The van der Waals surface area contributed by atoms with Gasteiger partial charge in [-0.15, -0.1) is 0 Å². The Morgan fingerprint density at radius 1 is 1.10 bits per heavy atom. The van der Waals surface area contributed by atoms with Crippen molar-refractivity contribution in [2.45, 2.75) is 25.5 Å². The normalized spacial score (nSPS) is 16.5. The van der Waals surface area contributed by atoms with Gasteiger partial charge in [-0.2, -0.15) is 8.42 Å². The molecule has 0 spiro atoms. The van der Waals surface area contributed by atoms with Gasteiger partial charge in [0, 0.05) is 19.3 Å². The summed E-state index contributed by atoms with van der Waals surface area (Å²) >= 11 is 12.5. The summed E-state index contributed by atoms with van der Waals surface area (Å²) < 4.78 is 32.3. The molecule has 0 fully saturated rings. The summed E-state index contributed by atoms with van der Waals surface area (Å²) in [6.07, 6.45) is 3.82. The number of anilines is 2. The monoisotopic (exact) mass is 467 g/mol. The molecule has 0 aromatic heterocycles. The van der Waals surface area contributed by atoms with Crippen LogP contribution in [0.15, 0.2) is 59.4 Å². The Morgan fingerprint density at radius 2 is 1.70 bits per heavy atom. The highest BCUT2D eigenvalue weighted by Crippen LogP contribution is 2.45. The molecule has 1 heterocycles. The first-order chi connectivity index (χ1) is 14.2. The van der Waals surface area contributed by atoms with Crippen molar-refractivity contribution in [2.75, 3.05) is 22.9 Å². The Morgan fingerprint density at radius 3 is 2.27 bits per heavy atom. The fourth-order valence-corrected chi connectivity index (χ4v) is 3.98. The molecular weight excluding hydrogens is 445 g/mol. The third kappa shape index (κ3) is 4.98. The number of halogens is 2. The van der Waals surface area contributed by atoms with Crippen molar-refractivity contribution in [3.8, 4) is 0 Å². The van der Waals surface area contributed by atoms with E-state index in [4.69, 9.17) is 23.2 Å². The lowest BCUT2D eigenvalue weighted by Crippen LogP contribution is -2.31. The standard InChI is InChI=1S/C21H23Cl2N3O3S/c1-3-25-19-13-17(22)18(23)14-20(19)26(12-10-15(2)30(27,28)29)21(25)9-11-24-16-7-5-4-6-8-16/h4-9,11,13-15H,3,10,12H2,1-2H3,(H,27,28,29). The SMILES string of the molecule is CCN1C(=CC=Nc2ccccc2)N(CCC(C)S(=O)(=O)O)c2cc(Cl)c(Cl)cc21. The first kappa shape index (κ1) is 22.6. The molecule has 2 aromatic rings. The van der Waals surface area contributed by atoms with E-state index in [9.17, 15) is 13.0 Å². The van der Waals surface area contributed by atoms with Crippen LogP contribution in [-0.4, -0.2) is 37.5 Å². The van der Waals surface area contributed by atoms with Crippen molar-refractivity contribution in [2.24, 2.45) is 4.99 Å². The number of aliphatic imine (C=N–C) groups is 1. The highest BCUT2D eigenvalue weighted by molar-refractivity contribution is 7.86. The van der Waals surface area contributed by atoms with Crippen LogP contribution in [0.5, 0.6) is 0 Å². The van der Waals surface area contributed by atoms with Gasteiger partial charge in [0.05, 0.1) is 32.4 Å². The molecule has 0 saturated carbocycles. The summed E-state index contributed by atoms with van der Waals surface area (Å²) in [5.41, 5.74) is 2.53. The summed E-state index contributed by atoms with van der Waals surface area (Å²) in [5, 5.41) is -0.0311. The number of nitrogens with zero attached hydrogens (tertiary/aromatic N) is 3. The first-order valence-electron chi connectivity index (χ1n) is 9.52. The third-order valence-corrected chi connectivity index (χ3v) is 6.91. The van der Waals surface area contributed by atoms with Gasteiger partial charge in [0.25, 0.3) is 10.1 Å². The predicted octanol–water partition coefficient (Wildman–Crippen LogP) is 5.55. The average Bonchev–Trinajstić information content (AvgIpc) is 2.98. The predicted molar refractivity (Wildman–Crippen MR) is 125 cm³/mol. The molecular formula is C21H23Cl2N3O3S. The molecule has 0 radical (unpaired) electrons. The Hall–Kier alpha value is -2.06. The number of hydrogen-bond acceptors (Lipinski definition) is 5. The van der Waals surface area contributed by atoms with Crippen LogP contribution in [0.2, 0.25) is 10.0 Å². The van der Waals surface area contributed by atoms with Gasteiger partial charge in [-0.1, -0.05) is 41.4 Å². The van der Waals surface area contributed by atoms with E-state index in [0.29, 0.717) is 23.1 Å². The van der Waals surface area contributed by atoms with Crippen LogP contribution in [0.4, 0.5) is 17.1 Å². The second-order valence-corrected chi connectivity index (χ2v) is 9.55. The molecule has 9 heteroatoms. The van der Waals surface area contributed by atoms with Gasteiger partial charge in [-0.05, 0) is 50.6 Å². The van der Waals surface area contributed by atoms with E-state index in [-0.39, 0.29) is 6.42 Å². The summed E-state index contributed by atoms with van der Waals surface area (Å²) in [4.78, 5) is 8.50. The van der Waals surface area contributed by atoms with Crippen LogP contribution in [0.1, 0.15) is 20.3 Å². The first-order valence-corrected chi connectivity index (χ1v) is 11.8. The molecule has 0 aliphatic carbocycles. The summed E-state index contributed by atoms with van der Waals surface area (Å²) in [7, 11) is -4.11. The van der Waals surface area contributed by atoms with Crippen molar-refractivity contribution < 1.29 is 13.0 Å². The van der Waals surface area contributed by atoms with E-state index in [1.165, 1.54) is 6.92 Å². The van der Waals surface area contributed by atoms with Gasteiger partial charge in [0.1, 0.15) is 5.82 Å². The summed E-state index contributed by atoms with van der Waals surface area (Å²) in [6.45, 7) is 4.53. The third-order valence-electron chi connectivity index (χ3n) is 4.94. The molecule has 1 N–H and O–H groups in total. The van der Waals surface area contributed by atoms with Crippen LogP contribution >= 0.6 is 23.2 Å². The summed E-state index contributed by atoms with van der Waals surface area (Å²) in [6, 6.07) is 13.1. The van der Waals surface area contributed by atoms with Crippen LogP contribution in [0, 0.1) is 0 Å². The minimum Gasteiger partial charge on any atom is -0.326 e.